The molecule has 0 saturated heterocycles. The molecule has 14 heteroatoms. The maximum Gasteiger partial charge on any atom is 0.335 e. The van der Waals surface area contributed by atoms with Crippen LogP contribution in [0.4, 0.5) is 0 Å². The summed E-state index contributed by atoms with van der Waals surface area (Å²) >= 11 is 0. The molecule has 0 radical (unpaired) electrons. The van der Waals surface area contributed by atoms with E-state index in [2.05, 4.69) is 19.9 Å². The van der Waals surface area contributed by atoms with E-state index in [9.17, 15) is 14.4 Å². The number of nitrogens with zero attached hydrogens (tertiary/aromatic N) is 3. The fourth-order valence-electron chi connectivity index (χ4n) is 3.84. The van der Waals surface area contributed by atoms with Gasteiger partial charge in [0.25, 0.3) is 5.89 Å². The third kappa shape index (κ3) is 8.41. The lowest BCUT2D eigenvalue weighted by molar-refractivity contribution is -0.165. The van der Waals surface area contributed by atoms with Gasteiger partial charge < -0.3 is 40.3 Å². The molecular formula is C27H31N5O9. The Hall–Kier alpha value is -4.66. The Morgan fingerprint density at radius 1 is 1.02 bits per heavy atom. The van der Waals surface area contributed by atoms with Crippen molar-refractivity contribution < 1.29 is 44.0 Å². The smallest absolute Gasteiger partial charge is 0.335 e. The summed E-state index contributed by atoms with van der Waals surface area (Å²) in [6, 6.07) is 7.68. The fraction of sp³-hybridized carbons (Fsp3) is 0.333. The van der Waals surface area contributed by atoms with E-state index in [-0.39, 0.29) is 17.7 Å². The first-order valence-corrected chi connectivity index (χ1v) is 12.6. The minimum absolute atomic E-state index is 0.0653. The van der Waals surface area contributed by atoms with Gasteiger partial charge in [-0.1, -0.05) is 18.9 Å². The minimum Gasteiger partial charge on any atom is -0.496 e. The number of aromatic amines is 1. The van der Waals surface area contributed by atoms with Crippen LogP contribution in [0.5, 0.6) is 5.75 Å². The average molecular weight is 570 g/mol. The molecule has 41 heavy (non-hydrogen) atoms. The van der Waals surface area contributed by atoms with Crippen LogP contribution in [0.1, 0.15) is 54.7 Å². The molecule has 4 aromatic rings. The van der Waals surface area contributed by atoms with Crippen LogP contribution < -0.4 is 10.5 Å². The molecule has 0 fully saturated rings. The van der Waals surface area contributed by atoms with Crippen molar-refractivity contribution in [2.75, 3.05) is 7.11 Å². The predicted molar refractivity (Wildman–Crippen MR) is 144 cm³/mol. The average Bonchev–Trinajstić information content (AvgIpc) is 3.69. The first-order chi connectivity index (χ1) is 19.6. The molecule has 3 aromatic heterocycles. The normalized spacial score (nSPS) is 13.1. The molecule has 0 aliphatic rings. The summed E-state index contributed by atoms with van der Waals surface area (Å²) in [6.45, 7) is 0. The van der Waals surface area contributed by atoms with Gasteiger partial charge in [-0.2, -0.15) is 0 Å². The number of methoxy groups -OCH3 is 1. The van der Waals surface area contributed by atoms with Crippen LogP contribution in [0.2, 0.25) is 0 Å². The number of pyridine rings is 1. The van der Waals surface area contributed by atoms with Crippen molar-refractivity contribution in [3.63, 3.8) is 0 Å². The van der Waals surface area contributed by atoms with E-state index >= 15 is 0 Å². The minimum atomic E-state index is -2.27. The molecule has 2 unspecified atom stereocenters. The monoisotopic (exact) mass is 569 g/mol. The van der Waals surface area contributed by atoms with Crippen molar-refractivity contribution >= 4 is 28.6 Å². The molecule has 3 atom stereocenters. The van der Waals surface area contributed by atoms with E-state index < -0.39 is 24.1 Å². The Bertz CT molecular complexity index is 1440. The zero-order valence-corrected chi connectivity index (χ0v) is 22.1. The summed E-state index contributed by atoms with van der Waals surface area (Å²) in [6.07, 6.45) is 5.69. The summed E-state index contributed by atoms with van der Waals surface area (Å²) in [5, 5.41) is 33.6. The van der Waals surface area contributed by atoms with Gasteiger partial charge in [0.2, 0.25) is 5.78 Å². The Morgan fingerprint density at radius 3 is 2.39 bits per heavy atom. The van der Waals surface area contributed by atoms with Crippen molar-refractivity contribution in [3.8, 4) is 17.0 Å². The molecule has 4 rings (SSSR count). The van der Waals surface area contributed by atoms with Crippen LogP contribution in [-0.4, -0.2) is 77.4 Å². The number of fused-ring (bicyclic) bond motifs is 1. The highest BCUT2D eigenvalue weighted by molar-refractivity contribution is 5.91. The number of carboxylic acids is 2. The third-order valence-electron chi connectivity index (χ3n) is 6.06. The van der Waals surface area contributed by atoms with E-state index in [4.69, 9.17) is 35.3 Å². The number of hydrogen-bond donors (Lipinski definition) is 6. The van der Waals surface area contributed by atoms with Crippen LogP contribution in [0, 0.1) is 0 Å². The molecule has 0 aliphatic carbocycles. The maximum absolute atomic E-state index is 11.9. The number of nitrogens with two attached hydrogens (primary N) is 1. The van der Waals surface area contributed by atoms with Gasteiger partial charge >= 0.3 is 11.9 Å². The van der Waals surface area contributed by atoms with Crippen LogP contribution in [-0.2, 0) is 9.59 Å². The molecular weight excluding hydrogens is 538 g/mol. The van der Waals surface area contributed by atoms with E-state index in [1.54, 1.807) is 19.5 Å². The lowest BCUT2D eigenvalue weighted by Crippen LogP contribution is -2.39. The summed E-state index contributed by atoms with van der Waals surface area (Å²) in [7, 11) is 1.64. The lowest BCUT2D eigenvalue weighted by Gasteiger charge is -2.10. The Morgan fingerprint density at radius 2 is 1.76 bits per heavy atom. The molecule has 14 nitrogen and oxygen atoms in total. The van der Waals surface area contributed by atoms with Gasteiger partial charge in [-0.3, -0.25) is 9.78 Å². The highest BCUT2D eigenvalue weighted by Crippen LogP contribution is 2.33. The second-order valence-electron chi connectivity index (χ2n) is 8.96. The number of nitrogens with one attached hydrogen (secondary N) is 1. The van der Waals surface area contributed by atoms with E-state index in [1.165, 1.54) is 12.5 Å². The first-order valence-electron chi connectivity index (χ1n) is 12.6. The second-order valence-corrected chi connectivity index (χ2v) is 8.96. The van der Waals surface area contributed by atoms with Gasteiger partial charge in [0.05, 0.1) is 36.8 Å². The molecule has 7 N–H and O–H groups in total. The number of carbonyl (C=O) groups is 3. The topological polar surface area (TPSA) is 235 Å². The zero-order valence-electron chi connectivity index (χ0n) is 22.1. The number of benzene rings is 1. The van der Waals surface area contributed by atoms with Gasteiger partial charge in [-0.05, 0) is 25.0 Å². The van der Waals surface area contributed by atoms with Crippen LogP contribution in [0.25, 0.3) is 22.2 Å². The molecule has 3 heterocycles. The largest absolute Gasteiger partial charge is 0.496 e. The molecule has 1 aromatic carbocycles. The fourth-order valence-corrected chi connectivity index (χ4v) is 3.84. The zero-order chi connectivity index (χ0) is 29.9. The van der Waals surface area contributed by atoms with Crippen LogP contribution in [0.15, 0.2) is 53.5 Å². The van der Waals surface area contributed by atoms with E-state index in [1.807, 2.05) is 24.3 Å². The van der Waals surface area contributed by atoms with Crippen molar-refractivity contribution in [2.45, 2.75) is 50.4 Å². The van der Waals surface area contributed by atoms with Crippen molar-refractivity contribution in [3.05, 3.63) is 60.8 Å². The Kier molecular flexibility index (Phi) is 11.0. The molecule has 0 aliphatic heterocycles. The number of carboxylic acid groups (broad SMARTS) is 2. The number of Topliss-reactive ketones (excluding diaryl/α,β-unsaturated/α-hetero) is 1. The van der Waals surface area contributed by atoms with E-state index in [0.717, 1.165) is 59.4 Å². The number of rotatable bonds is 13. The Balaban J connectivity index is 0.000000397. The number of hydrogen-bond acceptors (Lipinski definition) is 11. The number of aliphatic hydroxyl groups is 2. The second kappa shape index (κ2) is 14.6. The number of aliphatic carboxylic acids is 2. The predicted octanol–water partition coefficient (Wildman–Crippen LogP) is 2.33. The summed E-state index contributed by atoms with van der Waals surface area (Å²) in [5.74, 6) is -1.96. The molecule has 0 bridgehead atoms. The summed E-state index contributed by atoms with van der Waals surface area (Å²) in [4.78, 5) is 47.5. The summed E-state index contributed by atoms with van der Waals surface area (Å²) < 4.78 is 10.6. The number of unbranched alkanes of at least 4 members (excludes halogenated alkanes) is 2. The van der Waals surface area contributed by atoms with Crippen LogP contribution in [0.3, 0.4) is 0 Å². The molecule has 0 amide bonds. The quantitative estimate of drug-likeness (QED) is 0.100. The number of aliphatic hydroxyl groups excluding tert-OH is 2. The maximum atomic E-state index is 11.9. The van der Waals surface area contributed by atoms with Gasteiger partial charge in [-0.15, -0.1) is 0 Å². The highest BCUT2D eigenvalue weighted by Gasteiger charge is 2.29. The molecule has 0 spiro atoms. The number of oxazole rings is 1. The van der Waals surface area contributed by atoms with Crippen molar-refractivity contribution in [1.82, 2.24) is 19.9 Å². The standard InChI is InChI=1S/C23H25N5O3.C4H6O6/c1-30-21-13-18-15(6-5-9-25-18)12-16(21)19-14-27-22(28-19)17(24)7-3-2-4-8-20(29)23-26-10-11-31-23;5-1(3(7)8)2(6)4(9)10/h5-6,9-14,17H,2-4,7-8,24H2,1H3,(H,27,28);1-2,5-6H,(H,7,8)(H,9,10)/t17-;/m0./s1. The summed E-state index contributed by atoms with van der Waals surface area (Å²) in [5.41, 5.74) is 8.98. The number of aromatic nitrogens is 4. The first kappa shape index (κ1) is 30.9. The van der Waals surface area contributed by atoms with Gasteiger partial charge in [0.1, 0.15) is 17.8 Å². The third-order valence-corrected chi connectivity index (χ3v) is 6.06. The van der Waals surface area contributed by atoms with E-state index in [0.29, 0.717) is 6.42 Å². The lowest BCUT2D eigenvalue weighted by atomic mass is 10.1. The molecule has 218 valence electrons. The van der Waals surface area contributed by atoms with Gasteiger partial charge in [-0.25, -0.2) is 19.6 Å². The molecule has 0 saturated carbocycles. The highest BCUT2D eigenvalue weighted by atomic mass is 16.5. The Labute approximate surface area is 233 Å². The van der Waals surface area contributed by atoms with Crippen molar-refractivity contribution in [1.29, 1.82) is 0 Å². The van der Waals surface area contributed by atoms with Gasteiger partial charge in [0, 0.05) is 29.6 Å². The SMILES string of the molecule is COc1cc2ncccc2cc1-c1cnc([C@@H](N)CCCCCC(=O)c2ncco2)[nH]1.O=C(O)C(O)C(O)C(=O)O. The van der Waals surface area contributed by atoms with Crippen molar-refractivity contribution in [2.24, 2.45) is 5.73 Å². The van der Waals surface area contributed by atoms with Gasteiger partial charge in [0.15, 0.2) is 12.2 Å². The van der Waals surface area contributed by atoms with Crippen LogP contribution >= 0.6 is 0 Å². The number of H-pyrrole nitrogens is 1. The number of carbonyl (C=O) groups excluding carboxylic acids is 1. The number of imidazole rings is 1. The number of ketones is 1. The number of ether oxygens (including phenoxy) is 1.